The van der Waals surface area contributed by atoms with Crippen molar-refractivity contribution in [2.45, 2.75) is 13.3 Å². The quantitative estimate of drug-likeness (QED) is 0.810. The number of nitrogens with one attached hydrogen (secondary N) is 1. The van der Waals surface area contributed by atoms with Crippen LogP contribution in [0.4, 0.5) is 0 Å². The van der Waals surface area contributed by atoms with Crippen molar-refractivity contribution in [2.24, 2.45) is 0 Å². The number of nitrogens with zero attached hydrogens (tertiary/aromatic N) is 5. The van der Waals surface area contributed by atoms with Crippen molar-refractivity contribution in [1.82, 2.24) is 25.1 Å². The molecule has 0 bridgehead atoms. The Morgan fingerprint density at radius 2 is 2.48 bits per heavy atom. The van der Waals surface area contributed by atoms with Gasteiger partial charge in [-0.2, -0.15) is 10.4 Å². The van der Waals surface area contributed by atoms with Gasteiger partial charge in [0, 0.05) is 18.8 Å². The summed E-state index contributed by atoms with van der Waals surface area (Å²) in [5, 5.41) is 16.3. The van der Waals surface area contributed by atoms with Crippen molar-refractivity contribution in [1.29, 1.82) is 5.26 Å². The average Bonchev–Trinajstić information content (AvgIpc) is 3.24. The Morgan fingerprint density at radius 3 is 3.17 bits per heavy atom. The molecule has 2 aromatic rings. The van der Waals surface area contributed by atoms with E-state index in [1.807, 2.05) is 6.07 Å². The van der Waals surface area contributed by atoms with Crippen LogP contribution in [0.2, 0.25) is 0 Å². The minimum atomic E-state index is -0.559. The normalized spacial score (nSPS) is 17.0. The lowest BCUT2D eigenvalue weighted by Gasteiger charge is -2.09. The molecule has 1 saturated heterocycles. The predicted molar refractivity (Wildman–Crippen MR) is 76.9 cm³/mol. The van der Waals surface area contributed by atoms with Crippen molar-refractivity contribution < 1.29 is 14.3 Å². The number of hydrogen-bond donors (Lipinski definition) is 1. The first-order valence-corrected chi connectivity index (χ1v) is 7.06. The molecule has 1 fully saturated rings. The number of nitriles is 1. The summed E-state index contributed by atoms with van der Waals surface area (Å²) in [6, 6.07) is 3.43. The van der Waals surface area contributed by atoms with Crippen LogP contribution in [0, 0.1) is 11.3 Å². The summed E-state index contributed by atoms with van der Waals surface area (Å²) >= 11 is 0. The van der Waals surface area contributed by atoms with E-state index in [1.165, 1.54) is 17.1 Å². The first-order valence-electron chi connectivity index (χ1n) is 7.06. The molecular formula is C14H14N6O3. The standard InChI is InChI=1S/C14H14N6O3/c1-2-22-13(21)12-10(11-5-9(6-15)17-8-18-11)7-20(19-12)14-16-3-4-23-14/h5,7-8,14,16H,2-4H2,1H3. The van der Waals surface area contributed by atoms with E-state index in [0.29, 0.717) is 24.4 Å². The van der Waals surface area contributed by atoms with Gasteiger partial charge < -0.3 is 9.47 Å². The molecule has 1 atom stereocenters. The molecule has 0 saturated carbocycles. The van der Waals surface area contributed by atoms with Crippen molar-refractivity contribution in [3.8, 4) is 17.3 Å². The Morgan fingerprint density at radius 1 is 1.61 bits per heavy atom. The summed E-state index contributed by atoms with van der Waals surface area (Å²) in [6.07, 6.45) is 2.46. The SMILES string of the molecule is CCOC(=O)c1nn(C2NCCO2)cc1-c1cc(C#N)ncn1. The zero-order chi connectivity index (χ0) is 16.2. The smallest absolute Gasteiger partial charge is 0.359 e. The number of ether oxygens (including phenoxy) is 2. The highest BCUT2D eigenvalue weighted by molar-refractivity contribution is 5.94. The maximum Gasteiger partial charge on any atom is 0.359 e. The number of hydrogen-bond acceptors (Lipinski definition) is 8. The third kappa shape index (κ3) is 3.03. The third-order valence-electron chi connectivity index (χ3n) is 3.20. The fraction of sp³-hybridized carbons (Fsp3) is 0.357. The highest BCUT2D eigenvalue weighted by atomic mass is 16.5. The van der Waals surface area contributed by atoms with Gasteiger partial charge in [0.15, 0.2) is 5.69 Å². The van der Waals surface area contributed by atoms with Gasteiger partial charge in [-0.3, -0.25) is 5.32 Å². The zero-order valence-electron chi connectivity index (χ0n) is 12.4. The Kier molecular flexibility index (Phi) is 4.27. The molecule has 1 N–H and O–H groups in total. The molecule has 1 unspecified atom stereocenters. The highest BCUT2D eigenvalue weighted by Crippen LogP contribution is 2.24. The van der Waals surface area contributed by atoms with Crippen LogP contribution in [0.15, 0.2) is 18.6 Å². The van der Waals surface area contributed by atoms with Gasteiger partial charge in [-0.1, -0.05) is 0 Å². The Labute approximate surface area is 131 Å². The second-order valence-electron chi connectivity index (χ2n) is 4.67. The zero-order valence-corrected chi connectivity index (χ0v) is 12.4. The second kappa shape index (κ2) is 6.51. The van der Waals surface area contributed by atoms with E-state index in [2.05, 4.69) is 20.4 Å². The Balaban J connectivity index is 2.05. The van der Waals surface area contributed by atoms with Crippen molar-refractivity contribution >= 4 is 5.97 Å². The van der Waals surface area contributed by atoms with Crippen LogP contribution >= 0.6 is 0 Å². The van der Waals surface area contributed by atoms with Crippen molar-refractivity contribution in [3.63, 3.8) is 0 Å². The number of rotatable bonds is 4. The maximum absolute atomic E-state index is 12.2. The molecular weight excluding hydrogens is 300 g/mol. The summed E-state index contributed by atoms with van der Waals surface area (Å²) in [5.74, 6) is -0.559. The molecule has 0 radical (unpaired) electrons. The van der Waals surface area contributed by atoms with Crippen LogP contribution in [-0.4, -0.2) is 45.5 Å². The molecule has 9 heteroatoms. The van der Waals surface area contributed by atoms with E-state index in [0.717, 1.165) is 0 Å². The lowest BCUT2D eigenvalue weighted by Crippen LogP contribution is -2.21. The molecule has 23 heavy (non-hydrogen) atoms. The second-order valence-corrected chi connectivity index (χ2v) is 4.67. The van der Waals surface area contributed by atoms with E-state index in [-0.39, 0.29) is 18.0 Å². The van der Waals surface area contributed by atoms with Crippen LogP contribution in [0.5, 0.6) is 0 Å². The molecule has 0 amide bonds. The number of aromatic nitrogens is 4. The molecule has 0 aromatic carbocycles. The number of carbonyl (C=O) groups is 1. The van der Waals surface area contributed by atoms with Gasteiger partial charge in [0.05, 0.1) is 24.5 Å². The van der Waals surface area contributed by atoms with E-state index < -0.39 is 12.3 Å². The summed E-state index contributed by atoms with van der Waals surface area (Å²) in [6.45, 7) is 3.20. The summed E-state index contributed by atoms with van der Waals surface area (Å²) in [7, 11) is 0. The van der Waals surface area contributed by atoms with Gasteiger partial charge in [0.1, 0.15) is 18.1 Å². The van der Waals surface area contributed by atoms with E-state index in [4.69, 9.17) is 14.7 Å². The summed E-state index contributed by atoms with van der Waals surface area (Å²) < 4.78 is 12.0. The molecule has 9 nitrogen and oxygen atoms in total. The van der Waals surface area contributed by atoms with Gasteiger partial charge in [0.25, 0.3) is 0 Å². The van der Waals surface area contributed by atoms with Crippen LogP contribution in [-0.2, 0) is 9.47 Å². The van der Waals surface area contributed by atoms with E-state index in [1.54, 1.807) is 13.1 Å². The summed E-state index contributed by atoms with van der Waals surface area (Å²) in [4.78, 5) is 20.1. The minimum absolute atomic E-state index is 0.117. The maximum atomic E-state index is 12.2. The van der Waals surface area contributed by atoms with Gasteiger partial charge in [-0.25, -0.2) is 19.4 Å². The lowest BCUT2D eigenvalue weighted by molar-refractivity contribution is 0.0329. The lowest BCUT2D eigenvalue weighted by atomic mass is 10.1. The van der Waals surface area contributed by atoms with Crippen LogP contribution in [0.25, 0.3) is 11.3 Å². The predicted octanol–water partition coefficient (Wildman–Crippen LogP) is 0.464. The van der Waals surface area contributed by atoms with Crippen molar-refractivity contribution in [2.75, 3.05) is 19.8 Å². The molecule has 118 valence electrons. The largest absolute Gasteiger partial charge is 0.461 e. The Bertz CT molecular complexity index is 760. The molecule has 3 heterocycles. The molecule has 3 rings (SSSR count). The number of esters is 1. The van der Waals surface area contributed by atoms with Gasteiger partial charge in [-0.05, 0) is 6.92 Å². The topological polar surface area (TPSA) is 115 Å². The number of carbonyl (C=O) groups excluding carboxylic acids is 1. The summed E-state index contributed by atoms with van der Waals surface area (Å²) in [5.41, 5.74) is 1.20. The van der Waals surface area contributed by atoms with E-state index >= 15 is 0 Å². The molecule has 0 spiro atoms. The van der Waals surface area contributed by atoms with Crippen LogP contribution in [0.1, 0.15) is 29.5 Å². The minimum Gasteiger partial charge on any atom is -0.461 e. The van der Waals surface area contributed by atoms with Gasteiger partial charge in [-0.15, -0.1) is 0 Å². The molecule has 1 aliphatic heterocycles. The van der Waals surface area contributed by atoms with Crippen LogP contribution in [0.3, 0.4) is 0 Å². The fourth-order valence-electron chi connectivity index (χ4n) is 2.20. The molecule has 1 aliphatic rings. The van der Waals surface area contributed by atoms with Gasteiger partial charge >= 0.3 is 5.97 Å². The molecule has 2 aromatic heterocycles. The third-order valence-corrected chi connectivity index (χ3v) is 3.20. The molecule has 0 aliphatic carbocycles. The Hall–Kier alpha value is -2.83. The fourth-order valence-corrected chi connectivity index (χ4v) is 2.20. The van der Waals surface area contributed by atoms with Crippen molar-refractivity contribution in [3.05, 3.63) is 30.0 Å². The van der Waals surface area contributed by atoms with E-state index in [9.17, 15) is 4.79 Å². The van der Waals surface area contributed by atoms with Crippen LogP contribution < -0.4 is 5.32 Å². The monoisotopic (exact) mass is 314 g/mol. The first kappa shape index (κ1) is 15.1. The highest BCUT2D eigenvalue weighted by Gasteiger charge is 2.25. The van der Waals surface area contributed by atoms with Gasteiger partial charge in [0.2, 0.25) is 6.35 Å². The average molecular weight is 314 g/mol. The first-order chi connectivity index (χ1) is 11.2.